The van der Waals surface area contributed by atoms with Crippen molar-refractivity contribution >= 4 is 28.4 Å². The van der Waals surface area contributed by atoms with E-state index in [0.717, 1.165) is 11.3 Å². The molecular weight excluding hydrogens is 240 g/mol. The minimum Gasteiger partial charge on any atom is -0.469 e. The maximum Gasteiger partial charge on any atom is 0.230 e. The molecule has 0 aliphatic heterocycles. The Hall–Kier alpha value is -1.94. The van der Waals surface area contributed by atoms with E-state index >= 15 is 0 Å². The first-order chi connectivity index (χ1) is 8.13. The number of rotatable bonds is 1. The SMILES string of the molecule is Cc1cc(-c2nc3cc(Cl)c(N)cc3o2)co1. The Balaban J connectivity index is 2.19. The van der Waals surface area contributed by atoms with Crippen LogP contribution in [0.15, 0.2) is 33.3 Å². The number of aryl methyl sites for hydroxylation is 1. The van der Waals surface area contributed by atoms with Gasteiger partial charge in [0.1, 0.15) is 17.5 Å². The number of oxazole rings is 1. The summed E-state index contributed by atoms with van der Waals surface area (Å²) in [6.45, 7) is 1.86. The molecule has 0 fully saturated rings. The van der Waals surface area contributed by atoms with Crippen molar-refractivity contribution in [3.05, 3.63) is 35.2 Å². The van der Waals surface area contributed by atoms with Gasteiger partial charge in [-0.05, 0) is 19.1 Å². The molecule has 1 aromatic carbocycles. The molecule has 0 radical (unpaired) electrons. The van der Waals surface area contributed by atoms with Gasteiger partial charge in [0.25, 0.3) is 0 Å². The summed E-state index contributed by atoms with van der Waals surface area (Å²) in [5, 5.41) is 0.473. The monoisotopic (exact) mass is 248 g/mol. The number of nitrogens with zero attached hydrogens (tertiary/aromatic N) is 1. The minimum absolute atomic E-state index is 0.473. The summed E-state index contributed by atoms with van der Waals surface area (Å²) in [6.07, 6.45) is 1.60. The van der Waals surface area contributed by atoms with Gasteiger partial charge in [0.2, 0.25) is 5.89 Å². The summed E-state index contributed by atoms with van der Waals surface area (Å²) in [7, 11) is 0. The first-order valence-corrected chi connectivity index (χ1v) is 5.42. The lowest BCUT2D eigenvalue weighted by Gasteiger charge is -1.94. The van der Waals surface area contributed by atoms with Crippen LogP contribution in [0.25, 0.3) is 22.6 Å². The fraction of sp³-hybridized carbons (Fsp3) is 0.0833. The van der Waals surface area contributed by atoms with Crippen molar-refractivity contribution in [1.82, 2.24) is 4.98 Å². The molecule has 0 saturated heterocycles. The van der Waals surface area contributed by atoms with Crippen LogP contribution in [-0.2, 0) is 0 Å². The topological polar surface area (TPSA) is 65.2 Å². The normalized spacial score (nSPS) is 11.2. The predicted molar refractivity (Wildman–Crippen MR) is 65.9 cm³/mol. The van der Waals surface area contributed by atoms with E-state index in [1.54, 1.807) is 18.4 Å². The Kier molecular flexibility index (Phi) is 2.12. The number of hydrogen-bond acceptors (Lipinski definition) is 4. The molecule has 3 rings (SSSR count). The highest BCUT2D eigenvalue weighted by Gasteiger charge is 2.11. The lowest BCUT2D eigenvalue weighted by Crippen LogP contribution is -1.84. The van der Waals surface area contributed by atoms with E-state index in [1.807, 2.05) is 13.0 Å². The van der Waals surface area contributed by atoms with Crippen LogP contribution < -0.4 is 5.73 Å². The van der Waals surface area contributed by atoms with Crippen LogP contribution in [0.4, 0.5) is 5.69 Å². The van der Waals surface area contributed by atoms with Crippen molar-refractivity contribution in [2.75, 3.05) is 5.73 Å². The van der Waals surface area contributed by atoms with Crippen LogP contribution >= 0.6 is 11.6 Å². The van der Waals surface area contributed by atoms with E-state index in [1.165, 1.54) is 0 Å². The molecule has 0 unspecified atom stereocenters. The quantitative estimate of drug-likeness (QED) is 0.668. The van der Waals surface area contributed by atoms with Gasteiger partial charge in [0.15, 0.2) is 5.58 Å². The molecule has 0 aliphatic carbocycles. The largest absolute Gasteiger partial charge is 0.469 e. The van der Waals surface area contributed by atoms with Crippen LogP contribution in [0, 0.1) is 6.92 Å². The molecule has 0 spiro atoms. The summed E-state index contributed by atoms with van der Waals surface area (Å²) in [6, 6.07) is 5.21. The van der Waals surface area contributed by atoms with Crippen molar-refractivity contribution in [1.29, 1.82) is 0 Å². The second-order valence-electron chi connectivity index (χ2n) is 3.81. The molecule has 0 bridgehead atoms. The third kappa shape index (κ3) is 1.66. The molecule has 86 valence electrons. The summed E-state index contributed by atoms with van der Waals surface area (Å²) < 4.78 is 10.8. The molecule has 0 aliphatic rings. The van der Waals surface area contributed by atoms with Crippen LogP contribution in [0.3, 0.4) is 0 Å². The molecule has 0 atom stereocenters. The van der Waals surface area contributed by atoms with Gasteiger partial charge in [-0.25, -0.2) is 4.98 Å². The molecular formula is C12H9ClN2O2. The number of aromatic nitrogens is 1. The number of anilines is 1. The smallest absolute Gasteiger partial charge is 0.230 e. The maximum absolute atomic E-state index is 5.92. The first kappa shape index (κ1) is 10.2. The summed E-state index contributed by atoms with van der Waals surface area (Å²) in [5.41, 5.74) is 8.27. The van der Waals surface area contributed by atoms with E-state index in [4.69, 9.17) is 26.2 Å². The highest BCUT2D eigenvalue weighted by atomic mass is 35.5. The van der Waals surface area contributed by atoms with Crippen LogP contribution in [0.5, 0.6) is 0 Å². The van der Waals surface area contributed by atoms with Crippen molar-refractivity contribution in [2.24, 2.45) is 0 Å². The number of benzene rings is 1. The van der Waals surface area contributed by atoms with Gasteiger partial charge in [-0.2, -0.15) is 0 Å². The van der Waals surface area contributed by atoms with Crippen LogP contribution in [0.2, 0.25) is 5.02 Å². The fourth-order valence-electron chi connectivity index (χ4n) is 1.64. The van der Waals surface area contributed by atoms with Crippen LogP contribution in [-0.4, -0.2) is 4.98 Å². The second-order valence-corrected chi connectivity index (χ2v) is 4.21. The molecule has 3 aromatic rings. The number of fused-ring (bicyclic) bond motifs is 1. The maximum atomic E-state index is 5.92. The summed E-state index contributed by atoms with van der Waals surface area (Å²) >= 11 is 5.92. The Morgan fingerprint density at radius 2 is 2.12 bits per heavy atom. The average Bonchev–Trinajstić information content (AvgIpc) is 2.85. The number of furan rings is 1. The van der Waals surface area contributed by atoms with E-state index in [9.17, 15) is 0 Å². The molecule has 2 heterocycles. The van der Waals surface area contributed by atoms with E-state index in [0.29, 0.717) is 27.7 Å². The molecule has 4 nitrogen and oxygen atoms in total. The van der Waals surface area contributed by atoms with E-state index in [-0.39, 0.29) is 0 Å². The lowest BCUT2D eigenvalue weighted by molar-refractivity contribution is 0.533. The van der Waals surface area contributed by atoms with Crippen molar-refractivity contribution < 1.29 is 8.83 Å². The van der Waals surface area contributed by atoms with Gasteiger partial charge in [-0.3, -0.25) is 0 Å². The highest BCUT2D eigenvalue weighted by molar-refractivity contribution is 6.33. The van der Waals surface area contributed by atoms with Crippen molar-refractivity contribution in [3.63, 3.8) is 0 Å². The Labute approximate surface area is 102 Å². The first-order valence-electron chi connectivity index (χ1n) is 5.04. The molecule has 17 heavy (non-hydrogen) atoms. The number of nitrogen functional groups attached to an aromatic ring is 1. The van der Waals surface area contributed by atoms with Crippen LogP contribution in [0.1, 0.15) is 5.76 Å². The zero-order valence-corrected chi connectivity index (χ0v) is 9.78. The Morgan fingerprint density at radius 1 is 1.29 bits per heavy atom. The minimum atomic E-state index is 0.473. The molecule has 2 N–H and O–H groups in total. The highest BCUT2D eigenvalue weighted by Crippen LogP contribution is 2.30. The van der Waals surface area contributed by atoms with Gasteiger partial charge in [-0.15, -0.1) is 0 Å². The Morgan fingerprint density at radius 3 is 2.82 bits per heavy atom. The zero-order valence-electron chi connectivity index (χ0n) is 9.03. The van der Waals surface area contributed by atoms with Gasteiger partial charge in [0.05, 0.1) is 16.3 Å². The third-order valence-corrected chi connectivity index (χ3v) is 2.81. The number of halogens is 1. The molecule has 2 aromatic heterocycles. The van der Waals surface area contributed by atoms with Gasteiger partial charge in [-0.1, -0.05) is 11.6 Å². The molecule has 0 saturated carbocycles. The summed E-state index contributed by atoms with van der Waals surface area (Å²) in [5.74, 6) is 1.30. The van der Waals surface area contributed by atoms with Gasteiger partial charge < -0.3 is 14.6 Å². The second kappa shape index (κ2) is 3.53. The molecule has 5 heteroatoms. The van der Waals surface area contributed by atoms with Crippen molar-refractivity contribution in [3.8, 4) is 11.5 Å². The number of hydrogen-bond donors (Lipinski definition) is 1. The van der Waals surface area contributed by atoms with Gasteiger partial charge in [0, 0.05) is 6.07 Å². The lowest BCUT2D eigenvalue weighted by atomic mass is 10.3. The predicted octanol–water partition coefficient (Wildman–Crippen LogP) is 3.63. The third-order valence-electron chi connectivity index (χ3n) is 2.48. The number of nitrogens with two attached hydrogens (primary N) is 1. The standard InChI is InChI=1S/C12H9ClN2O2/c1-6-2-7(5-16-6)12-15-10-3-8(13)9(14)4-11(10)17-12/h2-5H,14H2,1H3. The fourth-order valence-corrected chi connectivity index (χ4v) is 1.80. The summed E-state index contributed by atoms with van der Waals surface area (Å²) in [4.78, 5) is 4.33. The Bertz CT molecular complexity index is 661. The van der Waals surface area contributed by atoms with Crippen molar-refractivity contribution in [2.45, 2.75) is 6.92 Å². The van der Waals surface area contributed by atoms with Gasteiger partial charge >= 0.3 is 0 Å². The average molecular weight is 249 g/mol. The molecule has 0 amide bonds. The zero-order chi connectivity index (χ0) is 12.0. The van der Waals surface area contributed by atoms with E-state index in [2.05, 4.69) is 4.98 Å². The van der Waals surface area contributed by atoms with E-state index < -0.39 is 0 Å².